The van der Waals surface area contributed by atoms with Crippen LogP contribution in [0.5, 0.6) is 0 Å². The lowest BCUT2D eigenvalue weighted by atomic mass is 10.0. The van der Waals surface area contributed by atoms with Crippen LogP contribution in [0.15, 0.2) is 27.5 Å². The molecular formula is C23H30BrN5O. The quantitative estimate of drug-likeness (QED) is 0.514. The fourth-order valence-electron chi connectivity index (χ4n) is 4.52. The molecule has 0 saturated heterocycles. The van der Waals surface area contributed by atoms with Crippen LogP contribution in [0.1, 0.15) is 64.3 Å². The average Bonchev–Trinajstić information content (AvgIpc) is 2.85. The average molecular weight is 472 g/mol. The standard InChI is InChI=1S/C23H30BrN5O/c1-6-17(7-2)27-11-8-12-28-20-21(27)25-15(5)26-22(20)29(23(28)30)19-10-9-16(14(3)4)13-18(19)24/h9-10,13-14,17H,6-8,11-12H2,1-5H3. The number of hydrogen-bond donors (Lipinski definition) is 0. The summed E-state index contributed by atoms with van der Waals surface area (Å²) in [7, 11) is 0. The Kier molecular flexibility index (Phi) is 5.75. The number of hydrogen-bond acceptors (Lipinski definition) is 4. The molecule has 0 radical (unpaired) electrons. The molecule has 4 rings (SSSR count). The lowest BCUT2D eigenvalue weighted by molar-refractivity contribution is 0.534. The first-order chi connectivity index (χ1) is 14.4. The fraction of sp³-hybridized carbons (Fsp3) is 0.522. The summed E-state index contributed by atoms with van der Waals surface area (Å²) < 4.78 is 4.52. The first-order valence-electron chi connectivity index (χ1n) is 10.9. The zero-order chi connectivity index (χ0) is 21.6. The molecule has 2 aromatic heterocycles. The minimum absolute atomic E-state index is 0.0458. The van der Waals surface area contributed by atoms with Gasteiger partial charge in [0.25, 0.3) is 0 Å². The lowest BCUT2D eigenvalue weighted by Gasteiger charge is -2.31. The summed E-state index contributed by atoms with van der Waals surface area (Å²) in [5, 5.41) is 0. The molecule has 3 aromatic rings. The van der Waals surface area contributed by atoms with Gasteiger partial charge in [-0.05, 0) is 65.7 Å². The van der Waals surface area contributed by atoms with Crippen molar-refractivity contribution in [1.82, 2.24) is 19.1 Å². The second kappa shape index (κ2) is 8.17. The maximum atomic E-state index is 13.6. The van der Waals surface area contributed by atoms with Gasteiger partial charge in [-0.15, -0.1) is 0 Å². The van der Waals surface area contributed by atoms with Crippen molar-refractivity contribution in [1.29, 1.82) is 0 Å². The van der Waals surface area contributed by atoms with Gasteiger partial charge in [0.05, 0.1) is 5.69 Å². The Labute approximate surface area is 186 Å². The van der Waals surface area contributed by atoms with E-state index in [4.69, 9.17) is 9.97 Å². The third kappa shape index (κ3) is 3.37. The van der Waals surface area contributed by atoms with E-state index < -0.39 is 0 Å². The summed E-state index contributed by atoms with van der Waals surface area (Å²) in [5.41, 5.74) is 3.56. The highest BCUT2D eigenvalue weighted by molar-refractivity contribution is 9.10. The van der Waals surface area contributed by atoms with Crippen molar-refractivity contribution in [3.8, 4) is 5.69 Å². The SMILES string of the molecule is CCC(CC)N1CCCn2c(=O)n(-c3ccc(C(C)C)cc3Br)c3nc(C)nc1c32. The number of aryl methyl sites for hydroxylation is 2. The molecule has 0 unspecified atom stereocenters. The second-order valence-electron chi connectivity index (χ2n) is 8.42. The van der Waals surface area contributed by atoms with E-state index in [2.05, 4.69) is 60.7 Å². The number of nitrogens with zero attached hydrogens (tertiary/aromatic N) is 5. The van der Waals surface area contributed by atoms with E-state index in [-0.39, 0.29) is 5.69 Å². The zero-order valence-electron chi connectivity index (χ0n) is 18.4. The van der Waals surface area contributed by atoms with Gasteiger partial charge in [0.2, 0.25) is 0 Å². The molecule has 1 aliphatic heterocycles. The molecule has 0 atom stereocenters. The molecule has 0 saturated carbocycles. The van der Waals surface area contributed by atoms with Gasteiger partial charge in [-0.2, -0.15) is 0 Å². The third-order valence-corrected chi connectivity index (χ3v) is 6.81. The zero-order valence-corrected chi connectivity index (χ0v) is 20.0. The molecule has 0 spiro atoms. The normalized spacial score (nSPS) is 14.2. The van der Waals surface area contributed by atoms with Crippen LogP contribution in [0.2, 0.25) is 0 Å². The largest absolute Gasteiger partial charge is 0.352 e. The minimum Gasteiger partial charge on any atom is -0.352 e. The molecular weight excluding hydrogens is 442 g/mol. The van der Waals surface area contributed by atoms with E-state index >= 15 is 0 Å². The van der Waals surface area contributed by atoms with Gasteiger partial charge in [-0.25, -0.2) is 19.3 Å². The summed E-state index contributed by atoms with van der Waals surface area (Å²) in [6.07, 6.45) is 3.01. The van der Waals surface area contributed by atoms with E-state index in [1.807, 2.05) is 17.6 Å². The van der Waals surface area contributed by atoms with Crippen LogP contribution in [0, 0.1) is 6.92 Å². The minimum atomic E-state index is -0.0458. The molecule has 7 heteroatoms. The molecule has 1 aromatic carbocycles. The van der Waals surface area contributed by atoms with Gasteiger partial charge in [0.1, 0.15) is 11.3 Å². The number of rotatable bonds is 5. The summed E-state index contributed by atoms with van der Waals surface area (Å²) in [6.45, 7) is 12.3. The monoisotopic (exact) mass is 471 g/mol. The Hall–Kier alpha value is -2.15. The first kappa shape index (κ1) is 21.1. The van der Waals surface area contributed by atoms with E-state index in [9.17, 15) is 4.79 Å². The first-order valence-corrected chi connectivity index (χ1v) is 11.7. The number of imidazole rings is 1. The van der Waals surface area contributed by atoms with Gasteiger partial charge in [-0.1, -0.05) is 33.8 Å². The summed E-state index contributed by atoms with van der Waals surface area (Å²) in [6, 6.07) is 6.63. The summed E-state index contributed by atoms with van der Waals surface area (Å²) in [4.78, 5) is 25.5. The molecule has 160 valence electrons. The van der Waals surface area contributed by atoms with E-state index in [0.29, 0.717) is 30.0 Å². The van der Waals surface area contributed by atoms with Crippen molar-refractivity contribution in [3.63, 3.8) is 0 Å². The fourth-order valence-corrected chi connectivity index (χ4v) is 5.09. The second-order valence-corrected chi connectivity index (χ2v) is 9.27. The Morgan fingerprint density at radius 3 is 2.50 bits per heavy atom. The molecule has 1 aliphatic rings. The van der Waals surface area contributed by atoms with Crippen LogP contribution in [0.3, 0.4) is 0 Å². The predicted octanol–water partition coefficient (Wildman–Crippen LogP) is 5.18. The van der Waals surface area contributed by atoms with Crippen LogP contribution in [0.25, 0.3) is 16.9 Å². The molecule has 0 N–H and O–H groups in total. The van der Waals surface area contributed by atoms with Gasteiger partial charge >= 0.3 is 5.69 Å². The Bertz CT molecular complexity index is 1140. The third-order valence-electron chi connectivity index (χ3n) is 6.18. The Balaban J connectivity index is 2.02. The lowest BCUT2D eigenvalue weighted by Crippen LogP contribution is -2.36. The number of aromatic nitrogens is 4. The molecule has 0 amide bonds. The Morgan fingerprint density at radius 2 is 1.87 bits per heavy atom. The molecule has 30 heavy (non-hydrogen) atoms. The van der Waals surface area contributed by atoms with Crippen molar-refractivity contribution in [2.45, 2.75) is 72.4 Å². The maximum absolute atomic E-state index is 13.6. The van der Waals surface area contributed by atoms with Gasteiger partial charge < -0.3 is 4.90 Å². The predicted molar refractivity (Wildman–Crippen MR) is 126 cm³/mol. The molecule has 6 nitrogen and oxygen atoms in total. The van der Waals surface area contributed by atoms with Crippen molar-refractivity contribution in [2.24, 2.45) is 0 Å². The van der Waals surface area contributed by atoms with Crippen LogP contribution in [-0.2, 0) is 6.54 Å². The van der Waals surface area contributed by atoms with Crippen LogP contribution in [0.4, 0.5) is 5.82 Å². The van der Waals surface area contributed by atoms with Gasteiger partial charge in [0.15, 0.2) is 11.5 Å². The van der Waals surface area contributed by atoms with Crippen LogP contribution < -0.4 is 10.6 Å². The van der Waals surface area contributed by atoms with Crippen molar-refractivity contribution < 1.29 is 0 Å². The van der Waals surface area contributed by atoms with E-state index in [0.717, 1.165) is 47.3 Å². The summed E-state index contributed by atoms with van der Waals surface area (Å²) in [5.74, 6) is 2.01. The van der Waals surface area contributed by atoms with E-state index in [1.165, 1.54) is 5.56 Å². The topological polar surface area (TPSA) is 56.0 Å². The molecule has 0 aliphatic carbocycles. The summed E-state index contributed by atoms with van der Waals surface area (Å²) >= 11 is 3.71. The highest BCUT2D eigenvalue weighted by Gasteiger charge is 2.29. The smallest absolute Gasteiger partial charge is 0.335 e. The van der Waals surface area contributed by atoms with Crippen LogP contribution >= 0.6 is 15.9 Å². The highest BCUT2D eigenvalue weighted by Crippen LogP contribution is 2.33. The van der Waals surface area contributed by atoms with Crippen LogP contribution in [-0.4, -0.2) is 31.7 Å². The van der Waals surface area contributed by atoms with Gasteiger partial charge in [0, 0.05) is 23.6 Å². The van der Waals surface area contributed by atoms with Crippen molar-refractivity contribution in [3.05, 3.63) is 44.5 Å². The number of halogens is 1. The Morgan fingerprint density at radius 1 is 1.13 bits per heavy atom. The molecule has 0 fully saturated rings. The molecule has 0 bridgehead atoms. The van der Waals surface area contributed by atoms with Crippen molar-refractivity contribution >= 4 is 32.9 Å². The number of benzene rings is 1. The van der Waals surface area contributed by atoms with Crippen molar-refractivity contribution in [2.75, 3.05) is 11.4 Å². The van der Waals surface area contributed by atoms with E-state index in [1.54, 1.807) is 4.57 Å². The van der Waals surface area contributed by atoms with Gasteiger partial charge in [-0.3, -0.25) is 4.57 Å². The highest BCUT2D eigenvalue weighted by atomic mass is 79.9. The molecule has 3 heterocycles. The number of anilines is 1. The maximum Gasteiger partial charge on any atom is 0.335 e.